The standard InChI is InChI=1S/C21H22FN3O2/c1-3-4-13-25-19(15-7-11-18(27-2)12-8-15)14-23-21(25)24-20(26)16-5-9-17(22)10-6-16/h5-12,14H,3-4,13H2,1-2H3,(H,23,24,26). The molecule has 27 heavy (non-hydrogen) atoms. The Labute approximate surface area is 157 Å². The first-order valence-corrected chi connectivity index (χ1v) is 8.89. The second-order valence-electron chi connectivity index (χ2n) is 6.16. The van der Waals surface area contributed by atoms with E-state index in [0.29, 0.717) is 11.5 Å². The second kappa shape index (κ2) is 8.49. The van der Waals surface area contributed by atoms with E-state index in [4.69, 9.17) is 4.74 Å². The van der Waals surface area contributed by atoms with E-state index in [1.807, 2.05) is 28.8 Å². The SMILES string of the molecule is CCCCn1c(-c2ccc(OC)cc2)cnc1NC(=O)c1ccc(F)cc1. The smallest absolute Gasteiger partial charge is 0.257 e. The number of anilines is 1. The minimum atomic E-state index is -0.377. The third-order valence-corrected chi connectivity index (χ3v) is 4.31. The van der Waals surface area contributed by atoms with Crippen LogP contribution in [0.4, 0.5) is 10.3 Å². The molecule has 3 aromatic rings. The van der Waals surface area contributed by atoms with Crippen molar-refractivity contribution >= 4 is 11.9 Å². The summed E-state index contributed by atoms with van der Waals surface area (Å²) in [5, 5.41) is 2.83. The van der Waals surface area contributed by atoms with E-state index in [1.54, 1.807) is 13.3 Å². The van der Waals surface area contributed by atoms with Gasteiger partial charge in [0.15, 0.2) is 0 Å². The number of halogens is 1. The maximum absolute atomic E-state index is 13.1. The Morgan fingerprint density at radius 3 is 2.48 bits per heavy atom. The minimum Gasteiger partial charge on any atom is -0.497 e. The number of hydrogen-bond donors (Lipinski definition) is 1. The van der Waals surface area contributed by atoms with Crippen LogP contribution in [0.3, 0.4) is 0 Å². The van der Waals surface area contributed by atoms with Gasteiger partial charge in [-0.1, -0.05) is 13.3 Å². The van der Waals surface area contributed by atoms with Crippen molar-refractivity contribution in [1.29, 1.82) is 0 Å². The number of nitrogens with one attached hydrogen (secondary N) is 1. The molecule has 0 unspecified atom stereocenters. The predicted octanol–water partition coefficient (Wildman–Crippen LogP) is 4.75. The topological polar surface area (TPSA) is 56.1 Å². The molecule has 0 spiro atoms. The number of nitrogens with zero attached hydrogens (tertiary/aromatic N) is 2. The van der Waals surface area contributed by atoms with Gasteiger partial charge in [-0.15, -0.1) is 0 Å². The van der Waals surface area contributed by atoms with Gasteiger partial charge in [0.25, 0.3) is 5.91 Å². The van der Waals surface area contributed by atoms with Crippen LogP contribution >= 0.6 is 0 Å². The van der Waals surface area contributed by atoms with Gasteiger partial charge >= 0.3 is 0 Å². The van der Waals surface area contributed by atoms with E-state index >= 15 is 0 Å². The van der Waals surface area contributed by atoms with Crippen molar-refractivity contribution in [2.24, 2.45) is 0 Å². The number of unbranched alkanes of at least 4 members (excludes halogenated alkanes) is 1. The average molecular weight is 367 g/mol. The molecule has 1 aromatic heterocycles. The summed E-state index contributed by atoms with van der Waals surface area (Å²) in [6, 6.07) is 13.1. The van der Waals surface area contributed by atoms with Gasteiger partial charge < -0.3 is 9.30 Å². The zero-order valence-electron chi connectivity index (χ0n) is 15.4. The van der Waals surface area contributed by atoms with Crippen LogP contribution in [0.5, 0.6) is 5.75 Å². The first-order chi connectivity index (χ1) is 13.1. The molecule has 0 atom stereocenters. The molecular weight excluding hydrogens is 345 g/mol. The van der Waals surface area contributed by atoms with Gasteiger partial charge in [-0.2, -0.15) is 0 Å². The van der Waals surface area contributed by atoms with E-state index < -0.39 is 0 Å². The van der Waals surface area contributed by atoms with Crippen LogP contribution in [0.25, 0.3) is 11.3 Å². The fourth-order valence-electron chi connectivity index (χ4n) is 2.79. The Morgan fingerprint density at radius 2 is 1.85 bits per heavy atom. The van der Waals surface area contributed by atoms with Crippen molar-refractivity contribution in [2.45, 2.75) is 26.3 Å². The lowest BCUT2D eigenvalue weighted by Gasteiger charge is -2.13. The molecule has 0 saturated carbocycles. The molecule has 0 bridgehead atoms. The number of benzene rings is 2. The molecule has 1 N–H and O–H groups in total. The number of carbonyl (C=O) groups is 1. The van der Waals surface area contributed by atoms with E-state index in [9.17, 15) is 9.18 Å². The Kier molecular flexibility index (Phi) is 5.86. The van der Waals surface area contributed by atoms with Crippen LogP contribution in [0.2, 0.25) is 0 Å². The van der Waals surface area contributed by atoms with Gasteiger partial charge in [0.05, 0.1) is 19.0 Å². The number of hydrogen-bond acceptors (Lipinski definition) is 3. The molecule has 1 heterocycles. The quantitative estimate of drug-likeness (QED) is 0.656. The average Bonchev–Trinajstić information content (AvgIpc) is 3.09. The fourth-order valence-corrected chi connectivity index (χ4v) is 2.79. The third-order valence-electron chi connectivity index (χ3n) is 4.31. The van der Waals surface area contributed by atoms with Crippen LogP contribution in [0, 0.1) is 5.82 Å². The lowest BCUT2D eigenvalue weighted by atomic mass is 10.1. The number of aromatic nitrogens is 2. The van der Waals surface area contributed by atoms with Gasteiger partial charge in [0.2, 0.25) is 5.95 Å². The first-order valence-electron chi connectivity index (χ1n) is 8.89. The first kappa shape index (κ1) is 18.6. The molecule has 140 valence electrons. The Balaban J connectivity index is 1.89. The summed E-state index contributed by atoms with van der Waals surface area (Å²) in [5.74, 6) is 0.559. The molecule has 0 aliphatic heterocycles. The van der Waals surface area contributed by atoms with Crippen molar-refractivity contribution in [1.82, 2.24) is 9.55 Å². The van der Waals surface area contributed by atoms with Crippen LogP contribution < -0.4 is 10.1 Å². The Bertz CT molecular complexity index is 902. The molecule has 2 aromatic carbocycles. The molecule has 0 saturated heterocycles. The van der Waals surface area contributed by atoms with Crippen LogP contribution in [-0.2, 0) is 6.54 Å². The predicted molar refractivity (Wildman–Crippen MR) is 103 cm³/mol. The van der Waals surface area contributed by atoms with Gasteiger partial charge in [-0.05, 0) is 55.0 Å². The Hall–Kier alpha value is -3.15. The summed E-state index contributed by atoms with van der Waals surface area (Å²) in [5.41, 5.74) is 2.29. The zero-order valence-corrected chi connectivity index (χ0v) is 15.4. The molecule has 6 heteroatoms. The fraction of sp³-hybridized carbons (Fsp3) is 0.238. The molecular formula is C21H22FN3O2. The van der Waals surface area contributed by atoms with E-state index in [0.717, 1.165) is 36.4 Å². The maximum atomic E-state index is 13.1. The lowest BCUT2D eigenvalue weighted by molar-refractivity contribution is 0.102. The summed E-state index contributed by atoms with van der Waals surface area (Å²) in [6.07, 6.45) is 3.72. The summed E-state index contributed by atoms with van der Waals surface area (Å²) in [7, 11) is 1.63. The molecule has 0 aliphatic rings. The summed E-state index contributed by atoms with van der Waals surface area (Å²) in [6.45, 7) is 2.84. The highest BCUT2D eigenvalue weighted by molar-refractivity contribution is 6.03. The highest BCUT2D eigenvalue weighted by Crippen LogP contribution is 2.26. The largest absolute Gasteiger partial charge is 0.497 e. The van der Waals surface area contributed by atoms with E-state index in [-0.39, 0.29) is 11.7 Å². The number of imidazole rings is 1. The van der Waals surface area contributed by atoms with Crippen molar-refractivity contribution < 1.29 is 13.9 Å². The number of methoxy groups -OCH3 is 1. The van der Waals surface area contributed by atoms with Crippen molar-refractivity contribution in [3.8, 4) is 17.0 Å². The molecule has 0 aliphatic carbocycles. The van der Waals surface area contributed by atoms with E-state index in [1.165, 1.54) is 24.3 Å². The lowest BCUT2D eigenvalue weighted by Crippen LogP contribution is -2.16. The third kappa shape index (κ3) is 4.34. The van der Waals surface area contributed by atoms with Crippen molar-refractivity contribution in [3.05, 3.63) is 66.1 Å². The Morgan fingerprint density at radius 1 is 1.15 bits per heavy atom. The number of carbonyl (C=O) groups excluding carboxylic acids is 1. The van der Waals surface area contributed by atoms with E-state index in [2.05, 4.69) is 17.2 Å². The summed E-state index contributed by atoms with van der Waals surface area (Å²) >= 11 is 0. The van der Waals surface area contributed by atoms with Crippen LogP contribution in [0.1, 0.15) is 30.1 Å². The number of amides is 1. The molecule has 0 fully saturated rings. The zero-order chi connectivity index (χ0) is 19.2. The molecule has 5 nitrogen and oxygen atoms in total. The summed E-state index contributed by atoms with van der Waals surface area (Å²) < 4.78 is 20.3. The normalized spacial score (nSPS) is 10.6. The monoisotopic (exact) mass is 367 g/mol. The van der Waals surface area contributed by atoms with Crippen molar-refractivity contribution in [2.75, 3.05) is 12.4 Å². The van der Waals surface area contributed by atoms with Gasteiger partial charge in [-0.25, -0.2) is 9.37 Å². The summed E-state index contributed by atoms with van der Waals surface area (Å²) in [4.78, 5) is 16.9. The number of ether oxygens (including phenoxy) is 1. The van der Waals surface area contributed by atoms with Gasteiger partial charge in [-0.3, -0.25) is 10.1 Å². The van der Waals surface area contributed by atoms with Gasteiger partial charge in [0.1, 0.15) is 11.6 Å². The molecule has 0 radical (unpaired) electrons. The second-order valence-corrected chi connectivity index (χ2v) is 6.16. The van der Waals surface area contributed by atoms with Gasteiger partial charge in [0, 0.05) is 17.7 Å². The molecule has 3 rings (SSSR count). The van der Waals surface area contributed by atoms with Crippen LogP contribution in [-0.4, -0.2) is 22.6 Å². The maximum Gasteiger partial charge on any atom is 0.257 e. The minimum absolute atomic E-state index is 0.320. The molecule has 1 amide bonds. The highest BCUT2D eigenvalue weighted by atomic mass is 19.1. The van der Waals surface area contributed by atoms with Crippen molar-refractivity contribution in [3.63, 3.8) is 0 Å². The number of rotatable bonds is 7. The van der Waals surface area contributed by atoms with Crippen LogP contribution in [0.15, 0.2) is 54.7 Å². The highest BCUT2D eigenvalue weighted by Gasteiger charge is 2.15.